The molecule has 0 spiro atoms. The van der Waals surface area contributed by atoms with Gasteiger partial charge >= 0.3 is 0 Å². The van der Waals surface area contributed by atoms with E-state index in [1.165, 1.54) is 11.3 Å². The number of hydrogen-bond donors (Lipinski definition) is 2. The summed E-state index contributed by atoms with van der Waals surface area (Å²) in [5, 5.41) is 2.36. The third kappa shape index (κ3) is 4.63. The van der Waals surface area contributed by atoms with Crippen LogP contribution in [0.3, 0.4) is 0 Å². The Bertz CT molecular complexity index is 1280. The third-order valence-electron chi connectivity index (χ3n) is 5.70. The summed E-state index contributed by atoms with van der Waals surface area (Å²) in [6.07, 6.45) is 0. The van der Waals surface area contributed by atoms with E-state index in [0.717, 1.165) is 10.0 Å². The van der Waals surface area contributed by atoms with E-state index in [-0.39, 0.29) is 29.6 Å². The Labute approximate surface area is 204 Å². The Morgan fingerprint density at radius 1 is 0.943 bits per heavy atom. The molecule has 0 radical (unpaired) electrons. The fourth-order valence-electron chi connectivity index (χ4n) is 3.89. The topological polar surface area (TPSA) is 121 Å². The lowest BCUT2D eigenvalue weighted by Gasteiger charge is -2.25. The highest BCUT2D eigenvalue weighted by Crippen LogP contribution is 2.24. The average Bonchev–Trinajstić information content (AvgIpc) is 3.48. The van der Waals surface area contributed by atoms with Gasteiger partial charge in [0.25, 0.3) is 23.6 Å². The molecule has 3 aromatic rings. The van der Waals surface area contributed by atoms with Gasteiger partial charge < -0.3 is 9.64 Å². The third-order valence-corrected chi connectivity index (χ3v) is 6.61. The molecular formula is C24H21N5O5S. The number of rotatable bonds is 5. The first-order valence-corrected chi connectivity index (χ1v) is 11.8. The molecule has 178 valence electrons. The fourth-order valence-corrected chi connectivity index (χ4v) is 4.75. The maximum atomic E-state index is 12.6. The number of fused-ring (bicyclic) bond motifs is 1. The number of anilines is 1. The predicted molar refractivity (Wildman–Crippen MR) is 127 cm³/mol. The van der Waals surface area contributed by atoms with Crippen molar-refractivity contribution in [3.05, 3.63) is 81.9 Å². The van der Waals surface area contributed by atoms with Crippen molar-refractivity contribution in [3.8, 4) is 0 Å². The van der Waals surface area contributed by atoms with Gasteiger partial charge in [-0.15, -0.1) is 11.3 Å². The minimum Gasteiger partial charge on any atom is -0.378 e. The van der Waals surface area contributed by atoms with E-state index < -0.39 is 11.8 Å². The van der Waals surface area contributed by atoms with E-state index in [4.69, 9.17) is 4.74 Å². The molecule has 0 bridgehead atoms. The molecule has 1 fully saturated rings. The number of carbonyl (C=O) groups excluding carboxylic acids is 4. The van der Waals surface area contributed by atoms with Crippen LogP contribution >= 0.6 is 11.3 Å². The summed E-state index contributed by atoms with van der Waals surface area (Å²) in [5.41, 5.74) is 6.58. The molecule has 10 nitrogen and oxygen atoms in total. The van der Waals surface area contributed by atoms with Gasteiger partial charge in [0.1, 0.15) is 5.69 Å². The summed E-state index contributed by atoms with van der Waals surface area (Å²) in [7, 11) is 0. The molecule has 35 heavy (non-hydrogen) atoms. The molecule has 1 saturated heterocycles. The van der Waals surface area contributed by atoms with Gasteiger partial charge in [-0.3, -0.25) is 34.9 Å². The minimum atomic E-state index is -0.536. The molecule has 4 amide bonds. The Morgan fingerprint density at radius 2 is 1.63 bits per heavy atom. The number of thiazole rings is 1. The maximum Gasteiger partial charge on any atom is 0.289 e. The van der Waals surface area contributed by atoms with Gasteiger partial charge in [-0.25, -0.2) is 4.98 Å². The first-order valence-electron chi connectivity index (χ1n) is 10.9. The second-order valence-electron chi connectivity index (χ2n) is 7.97. The van der Waals surface area contributed by atoms with Gasteiger partial charge in [0.2, 0.25) is 0 Å². The number of aromatic nitrogens is 1. The molecular weight excluding hydrogens is 470 g/mol. The van der Waals surface area contributed by atoms with Crippen LogP contribution in [0.5, 0.6) is 0 Å². The molecule has 0 unspecified atom stereocenters. The van der Waals surface area contributed by atoms with Crippen LogP contribution in [0.2, 0.25) is 0 Å². The molecule has 2 aliphatic rings. The van der Waals surface area contributed by atoms with Gasteiger partial charge in [0, 0.05) is 24.0 Å². The predicted octanol–water partition coefficient (Wildman–Crippen LogP) is 1.85. The van der Waals surface area contributed by atoms with E-state index >= 15 is 0 Å². The number of carbonyl (C=O) groups is 4. The number of nitrogens with one attached hydrogen (secondary N) is 2. The summed E-state index contributed by atoms with van der Waals surface area (Å²) in [5.74, 6) is -1.80. The van der Waals surface area contributed by atoms with E-state index in [1.807, 2.05) is 4.90 Å². The molecule has 5 rings (SSSR count). The van der Waals surface area contributed by atoms with E-state index in [9.17, 15) is 19.2 Å². The van der Waals surface area contributed by atoms with Gasteiger partial charge in [-0.2, -0.15) is 0 Å². The van der Waals surface area contributed by atoms with Crippen LogP contribution in [-0.4, -0.2) is 59.8 Å². The highest BCUT2D eigenvalue weighted by Gasteiger charge is 2.35. The van der Waals surface area contributed by atoms with Crippen LogP contribution in [0.4, 0.5) is 5.13 Å². The number of benzene rings is 2. The second kappa shape index (κ2) is 9.65. The van der Waals surface area contributed by atoms with Gasteiger partial charge in [-0.1, -0.05) is 24.3 Å². The summed E-state index contributed by atoms with van der Waals surface area (Å²) in [4.78, 5) is 57.8. The number of morpholine rings is 1. The molecule has 0 aliphatic carbocycles. The lowest BCUT2D eigenvalue weighted by atomic mass is 10.1. The monoisotopic (exact) mass is 491 g/mol. The van der Waals surface area contributed by atoms with E-state index in [2.05, 4.69) is 15.8 Å². The second-order valence-corrected chi connectivity index (χ2v) is 8.80. The van der Waals surface area contributed by atoms with Crippen LogP contribution in [0.25, 0.3) is 0 Å². The van der Waals surface area contributed by atoms with Crippen molar-refractivity contribution >= 4 is 40.1 Å². The van der Waals surface area contributed by atoms with Crippen molar-refractivity contribution in [2.24, 2.45) is 0 Å². The first kappa shape index (κ1) is 22.7. The zero-order valence-electron chi connectivity index (χ0n) is 18.5. The van der Waals surface area contributed by atoms with Crippen molar-refractivity contribution in [1.82, 2.24) is 20.7 Å². The molecule has 2 aliphatic heterocycles. The Kier molecular flexibility index (Phi) is 6.25. The summed E-state index contributed by atoms with van der Waals surface area (Å²) in [6.45, 7) is 2.68. The van der Waals surface area contributed by atoms with Crippen molar-refractivity contribution in [2.75, 3.05) is 31.2 Å². The van der Waals surface area contributed by atoms with Crippen LogP contribution in [0.1, 0.15) is 47.1 Å². The highest BCUT2D eigenvalue weighted by molar-refractivity contribution is 7.13. The van der Waals surface area contributed by atoms with Crippen molar-refractivity contribution in [3.63, 3.8) is 0 Å². The number of ether oxygens (including phenoxy) is 1. The standard InChI is InChI=1S/C24H21N5O5S/c30-20(26-27-21(31)19-14-35-24(25-19)28-8-10-34-11-9-28)16-5-3-4-15(12-16)13-29-22(32)17-6-1-2-7-18(17)23(29)33/h1-7,12,14H,8-11,13H2,(H,26,30)(H,27,31). The molecule has 0 atom stereocenters. The SMILES string of the molecule is O=C(NNC(=O)c1csc(N2CCOCC2)n1)c1cccc(CN2C(=O)c3ccccc3C2=O)c1. The van der Waals surface area contributed by atoms with Gasteiger partial charge in [-0.05, 0) is 29.8 Å². The van der Waals surface area contributed by atoms with Gasteiger partial charge in [0.15, 0.2) is 5.13 Å². The van der Waals surface area contributed by atoms with Crippen LogP contribution < -0.4 is 15.8 Å². The van der Waals surface area contributed by atoms with Crippen molar-refractivity contribution in [2.45, 2.75) is 6.54 Å². The average molecular weight is 492 g/mol. The summed E-state index contributed by atoms with van der Waals surface area (Å²) < 4.78 is 5.33. The molecule has 3 heterocycles. The molecule has 2 aromatic carbocycles. The van der Waals surface area contributed by atoms with Crippen molar-refractivity contribution in [1.29, 1.82) is 0 Å². The molecule has 1 aromatic heterocycles. The largest absolute Gasteiger partial charge is 0.378 e. The number of imide groups is 1. The molecule has 11 heteroatoms. The van der Waals surface area contributed by atoms with Gasteiger partial charge in [0.05, 0.1) is 30.9 Å². The lowest BCUT2D eigenvalue weighted by molar-refractivity contribution is 0.0642. The Hall–Kier alpha value is -4.09. The Morgan fingerprint density at radius 3 is 2.34 bits per heavy atom. The Balaban J connectivity index is 1.20. The molecule has 2 N–H and O–H groups in total. The van der Waals surface area contributed by atoms with E-state index in [0.29, 0.717) is 43.0 Å². The van der Waals surface area contributed by atoms with Crippen LogP contribution in [0.15, 0.2) is 53.9 Å². The van der Waals surface area contributed by atoms with Crippen molar-refractivity contribution < 1.29 is 23.9 Å². The number of nitrogens with zero attached hydrogens (tertiary/aromatic N) is 3. The maximum absolute atomic E-state index is 12.6. The zero-order chi connectivity index (χ0) is 24.4. The quantitative estimate of drug-likeness (QED) is 0.413. The van der Waals surface area contributed by atoms with Crippen LogP contribution in [0, 0.1) is 0 Å². The lowest BCUT2D eigenvalue weighted by Crippen LogP contribution is -2.42. The summed E-state index contributed by atoms with van der Waals surface area (Å²) >= 11 is 1.35. The molecule has 0 saturated carbocycles. The fraction of sp³-hybridized carbons (Fsp3) is 0.208. The first-order chi connectivity index (χ1) is 17.0. The zero-order valence-corrected chi connectivity index (χ0v) is 19.3. The summed E-state index contributed by atoms with van der Waals surface area (Å²) in [6, 6.07) is 13.2. The highest BCUT2D eigenvalue weighted by atomic mass is 32.1. The number of hydrogen-bond acceptors (Lipinski definition) is 8. The number of hydrazine groups is 1. The van der Waals surface area contributed by atoms with Crippen LogP contribution in [-0.2, 0) is 11.3 Å². The van der Waals surface area contributed by atoms with E-state index in [1.54, 1.807) is 53.9 Å². The normalized spacial score (nSPS) is 15.2. The minimum absolute atomic E-state index is 0.0307. The smallest absolute Gasteiger partial charge is 0.289 e. The number of amides is 4.